The number of carboxylic acid groups (broad SMARTS) is 1. The summed E-state index contributed by atoms with van der Waals surface area (Å²) in [4.78, 5) is 22.2. The van der Waals surface area contributed by atoms with Gasteiger partial charge < -0.3 is 10.4 Å². The van der Waals surface area contributed by atoms with E-state index in [2.05, 4.69) is 10.6 Å². The Labute approximate surface area is 110 Å². The normalized spacial score (nSPS) is 11.9. The molecule has 0 aliphatic rings. The van der Waals surface area contributed by atoms with Gasteiger partial charge >= 0.3 is 5.97 Å². The molecule has 1 atom stereocenters. The molecule has 0 radical (unpaired) electrons. The minimum atomic E-state index is -0.998. The van der Waals surface area contributed by atoms with Crippen molar-refractivity contribution >= 4 is 29.2 Å². The second-order valence-electron chi connectivity index (χ2n) is 3.95. The second kappa shape index (κ2) is 6.37. The summed E-state index contributed by atoms with van der Waals surface area (Å²) in [5.74, 6) is -1.31. The standard InChI is InChI=1S/C12H15ClN2O3/c1-7-3-4-9(13)5-10(7)15-11(16)6-14-8(2)12(17)18/h3-5,8,14H,6H2,1-2H3,(H,15,16)(H,17,18). The van der Waals surface area contributed by atoms with Crippen LogP contribution >= 0.6 is 11.6 Å². The highest BCUT2D eigenvalue weighted by atomic mass is 35.5. The number of aliphatic carboxylic acids is 1. The maximum Gasteiger partial charge on any atom is 0.320 e. The monoisotopic (exact) mass is 270 g/mol. The van der Waals surface area contributed by atoms with E-state index in [0.717, 1.165) is 5.56 Å². The number of hydrogen-bond acceptors (Lipinski definition) is 3. The first-order chi connectivity index (χ1) is 8.40. The Morgan fingerprint density at radius 1 is 1.44 bits per heavy atom. The first-order valence-corrected chi connectivity index (χ1v) is 5.80. The minimum Gasteiger partial charge on any atom is -0.480 e. The van der Waals surface area contributed by atoms with Gasteiger partial charge in [-0.05, 0) is 31.5 Å². The third kappa shape index (κ3) is 4.35. The Bertz CT molecular complexity index is 463. The number of carbonyl (C=O) groups is 2. The molecule has 0 aliphatic heterocycles. The first kappa shape index (κ1) is 14.5. The number of halogens is 1. The highest BCUT2D eigenvalue weighted by Crippen LogP contribution is 2.19. The average Bonchev–Trinajstić information content (AvgIpc) is 2.30. The third-order valence-corrected chi connectivity index (χ3v) is 2.65. The lowest BCUT2D eigenvalue weighted by Gasteiger charge is -2.11. The van der Waals surface area contributed by atoms with Crippen molar-refractivity contribution in [1.29, 1.82) is 0 Å². The van der Waals surface area contributed by atoms with E-state index in [1.807, 2.05) is 6.92 Å². The SMILES string of the molecule is Cc1ccc(Cl)cc1NC(=O)CNC(C)C(=O)O. The lowest BCUT2D eigenvalue weighted by atomic mass is 10.2. The molecule has 0 bridgehead atoms. The van der Waals surface area contributed by atoms with Gasteiger partial charge in [0.2, 0.25) is 5.91 Å². The van der Waals surface area contributed by atoms with Gasteiger partial charge in [-0.2, -0.15) is 0 Å². The van der Waals surface area contributed by atoms with Gasteiger partial charge in [0, 0.05) is 10.7 Å². The Hall–Kier alpha value is -1.59. The van der Waals surface area contributed by atoms with E-state index in [1.165, 1.54) is 6.92 Å². The number of hydrogen-bond donors (Lipinski definition) is 3. The fraction of sp³-hybridized carbons (Fsp3) is 0.333. The van der Waals surface area contributed by atoms with Crippen molar-refractivity contribution in [1.82, 2.24) is 5.32 Å². The van der Waals surface area contributed by atoms with Gasteiger partial charge in [0.05, 0.1) is 6.54 Å². The van der Waals surface area contributed by atoms with Crippen molar-refractivity contribution in [2.75, 3.05) is 11.9 Å². The van der Waals surface area contributed by atoms with E-state index >= 15 is 0 Å². The molecule has 1 amide bonds. The lowest BCUT2D eigenvalue weighted by molar-refractivity contribution is -0.139. The molecule has 98 valence electrons. The van der Waals surface area contributed by atoms with E-state index < -0.39 is 12.0 Å². The Kier molecular flexibility index (Phi) is 5.12. The van der Waals surface area contributed by atoms with E-state index in [9.17, 15) is 9.59 Å². The highest BCUT2D eigenvalue weighted by Gasteiger charge is 2.12. The van der Waals surface area contributed by atoms with Crippen molar-refractivity contribution < 1.29 is 14.7 Å². The van der Waals surface area contributed by atoms with Crippen LogP contribution in [0, 0.1) is 6.92 Å². The second-order valence-corrected chi connectivity index (χ2v) is 4.38. The van der Waals surface area contributed by atoms with Crippen LogP contribution in [-0.2, 0) is 9.59 Å². The molecule has 1 aromatic rings. The third-order valence-electron chi connectivity index (χ3n) is 2.41. The number of benzene rings is 1. The molecule has 18 heavy (non-hydrogen) atoms. The average molecular weight is 271 g/mol. The maximum absolute atomic E-state index is 11.6. The number of carbonyl (C=O) groups excluding carboxylic acids is 1. The largest absolute Gasteiger partial charge is 0.480 e. The van der Waals surface area contributed by atoms with Crippen LogP contribution in [0.5, 0.6) is 0 Å². The fourth-order valence-corrected chi connectivity index (χ4v) is 1.43. The van der Waals surface area contributed by atoms with Crippen molar-refractivity contribution in [3.8, 4) is 0 Å². The van der Waals surface area contributed by atoms with Gasteiger partial charge in [-0.25, -0.2) is 0 Å². The summed E-state index contributed by atoms with van der Waals surface area (Å²) in [6.45, 7) is 3.25. The van der Waals surface area contributed by atoms with Crippen molar-refractivity contribution in [2.45, 2.75) is 19.9 Å². The fourth-order valence-electron chi connectivity index (χ4n) is 1.26. The van der Waals surface area contributed by atoms with E-state index in [0.29, 0.717) is 10.7 Å². The molecule has 0 fully saturated rings. The molecule has 1 rings (SSSR count). The summed E-state index contributed by atoms with van der Waals surface area (Å²) >= 11 is 5.82. The van der Waals surface area contributed by atoms with Crippen LogP contribution in [0.4, 0.5) is 5.69 Å². The number of nitrogens with one attached hydrogen (secondary N) is 2. The Morgan fingerprint density at radius 2 is 2.11 bits per heavy atom. The number of anilines is 1. The van der Waals surface area contributed by atoms with Crippen molar-refractivity contribution in [3.05, 3.63) is 28.8 Å². The molecule has 1 unspecified atom stereocenters. The molecule has 3 N–H and O–H groups in total. The summed E-state index contributed by atoms with van der Waals surface area (Å²) in [5.41, 5.74) is 1.51. The van der Waals surface area contributed by atoms with Gasteiger partial charge in [-0.3, -0.25) is 14.9 Å². The zero-order chi connectivity index (χ0) is 13.7. The minimum absolute atomic E-state index is 0.0700. The van der Waals surface area contributed by atoms with Gasteiger partial charge in [0.25, 0.3) is 0 Å². The zero-order valence-electron chi connectivity index (χ0n) is 10.2. The summed E-state index contributed by atoms with van der Waals surface area (Å²) in [7, 11) is 0. The van der Waals surface area contributed by atoms with Gasteiger partial charge in [0.15, 0.2) is 0 Å². The van der Waals surface area contributed by atoms with E-state index in [1.54, 1.807) is 18.2 Å². The van der Waals surface area contributed by atoms with Crippen molar-refractivity contribution in [3.63, 3.8) is 0 Å². The molecular weight excluding hydrogens is 256 g/mol. The van der Waals surface area contributed by atoms with Crippen LogP contribution in [0.1, 0.15) is 12.5 Å². The molecule has 0 aliphatic carbocycles. The predicted octanol–water partition coefficient (Wildman–Crippen LogP) is 1.65. The van der Waals surface area contributed by atoms with Gasteiger partial charge in [-0.1, -0.05) is 17.7 Å². The molecule has 0 aromatic heterocycles. The Morgan fingerprint density at radius 3 is 2.72 bits per heavy atom. The van der Waals surface area contributed by atoms with Crippen LogP contribution in [0.2, 0.25) is 5.02 Å². The van der Waals surface area contributed by atoms with Gasteiger partial charge in [0.1, 0.15) is 6.04 Å². The topological polar surface area (TPSA) is 78.4 Å². The number of aryl methyl sites for hydroxylation is 1. The smallest absolute Gasteiger partial charge is 0.320 e. The molecule has 1 aromatic carbocycles. The molecular formula is C12H15ClN2O3. The first-order valence-electron chi connectivity index (χ1n) is 5.42. The van der Waals surface area contributed by atoms with Crippen LogP contribution in [0.3, 0.4) is 0 Å². The number of carboxylic acids is 1. The maximum atomic E-state index is 11.6. The number of rotatable bonds is 5. The van der Waals surface area contributed by atoms with E-state index in [-0.39, 0.29) is 12.5 Å². The molecule has 6 heteroatoms. The van der Waals surface area contributed by atoms with Crippen molar-refractivity contribution in [2.24, 2.45) is 0 Å². The predicted molar refractivity (Wildman–Crippen MR) is 69.9 cm³/mol. The highest BCUT2D eigenvalue weighted by molar-refractivity contribution is 6.31. The number of amides is 1. The summed E-state index contributed by atoms with van der Waals surface area (Å²) in [5, 5.41) is 14.4. The summed E-state index contributed by atoms with van der Waals surface area (Å²) in [6.07, 6.45) is 0. The van der Waals surface area contributed by atoms with Crippen LogP contribution in [0.15, 0.2) is 18.2 Å². The van der Waals surface area contributed by atoms with Crippen LogP contribution in [-0.4, -0.2) is 29.6 Å². The molecule has 5 nitrogen and oxygen atoms in total. The zero-order valence-corrected chi connectivity index (χ0v) is 10.9. The van der Waals surface area contributed by atoms with Gasteiger partial charge in [-0.15, -0.1) is 0 Å². The lowest BCUT2D eigenvalue weighted by Crippen LogP contribution is -2.39. The summed E-state index contributed by atoms with van der Waals surface area (Å²) < 4.78 is 0. The van der Waals surface area contributed by atoms with Crippen LogP contribution in [0.25, 0.3) is 0 Å². The molecule has 0 heterocycles. The van der Waals surface area contributed by atoms with E-state index in [4.69, 9.17) is 16.7 Å². The quantitative estimate of drug-likeness (QED) is 0.760. The molecule has 0 saturated heterocycles. The van der Waals surface area contributed by atoms with Crippen LogP contribution < -0.4 is 10.6 Å². The Balaban J connectivity index is 2.54. The molecule has 0 saturated carbocycles. The molecule has 0 spiro atoms. The summed E-state index contributed by atoms with van der Waals surface area (Å²) in [6, 6.07) is 4.41.